The number of aryl methyl sites for hydroxylation is 1. The van der Waals surface area contributed by atoms with Crippen LogP contribution in [0.15, 0.2) is 82.8 Å². The monoisotopic (exact) mass is 590 g/mol. The van der Waals surface area contributed by atoms with Gasteiger partial charge in [0.1, 0.15) is 25.4 Å². The summed E-state index contributed by atoms with van der Waals surface area (Å²) in [6.07, 6.45) is 0. The highest BCUT2D eigenvalue weighted by molar-refractivity contribution is 9.10. The summed E-state index contributed by atoms with van der Waals surface area (Å²) in [6.45, 7) is 6.34. The van der Waals surface area contributed by atoms with Crippen molar-refractivity contribution in [1.82, 2.24) is 4.90 Å². The molecule has 3 aromatic rings. The van der Waals surface area contributed by atoms with Gasteiger partial charge in [-0.3, -0.25) is 9.59 Å². The van der Waals surface area contributed by atoms with Crippen molar-refractivity contribution in [2.24, 2.45) is 0 Å². The first-order valence-electron chi connectivity index (χ1n) is 13.1. The summed E-state index contributed by atoms with van der Waals surface area (Å²) in [5.41, 5.74) is 2.83. The normalized spacial score (nSPS) is 19.4. The van der Waals surface area contributed by atoms with Gasteiger partial charge in [-0.2, -0.15) is 0 Å². The number of rotatable bonds is 8. The van der Waals surface area contributed by atoms with E-state index in [0.717, 1.165) is 28.7 Å². The summed E-state index contributed by atoms with van der Waals surface area (Å²) in [7, 11) is 0. The number of quaternary nitrogens is 1. The Balaban J connectivity index is 1.46. The average molecular weight is 592 g/mol. The molecule has 2 aliphatic heterocycles. The van der Waals surface area contributed by atoms with Crippen molar-refractivity contribution in [3.63, 3.8) is 0 Å². The summed E-state index contributed by atoms with van der Waals surface area (Å²) in [6, 6.07) is 21.8. The van der Waals surface area contributed by atoms with Gasteiger partial charge in [0.15, 0.2) is 0 Å². The molecule has 3 aromatic carbocycles. The van der Waals surface area contributed by atoms with Crippen LogP contribution in [0.1, 0.15) is 28.3 Å². The van der Waals surface area contributed by atoms with E-state index in [9.17, 15) is 14.7 Å². The van der Waals surface area contributed by atoms with Gasteiger partial charge in [-0.05, 0) is 53.4 Å². The van der Waals surface area contributed by atoms with Crippen LogP contribution in [0.25, 0.3) is 5.76 Å². The fourth-order valence-corrected chi connectivity index (χ4v) is 5.60. The third kappa shape index (κ3) is 6.08. The molecule has 1 amide bonds. The van der Waals surface area contributed by atoms with Crippen LogP contribution < -0.4 is 14.7 Å². The van der Waals surface area contributed by atoms with Crippen LogP contribution in [0.5, 0.6) is 5.75 Å². The summed E-state index contributed by atoms with van der Waals surface area (Å²) < 4.78 is 12.2. The SMILES string of the molecule is Cc1cc(OCc2ccccc2)ccc1/C([O-])=C1\C(=O)C(=O)N(CC[NH+]2CCOCC2)C1c1cccc(Br)c1. The van der Waals surface area contributed by atoms with Gasteiger partial charge in [0.25, 0.3) is 5.91 Å². The molecule has 1 unspecified atom stereocenters. The molecule has 5 rings (SSSR count). The van der Waals surface area contributed by atoms with E-state index in [4.69, 9.17) is 9.47 Å². The number of ketones is 1. The third-order valence-corrected chi connectivity index (χ3v) is 7.78. The van der Waals surface area contributed by atoms with E-state index in [1.54, 1.807) is 23.1 Å². The highest BCUT2D eigenvalue weighted by atomic mass is 79.9. The van der Waals surface area contributed by atoms with E-state index < -0.39 is 23.5 Å². The fourth-order valence-electron chi connectivity index (χ4n) is 5.18. The number of halogens is 1. The minimum absolute atomic E-state index is 0.00358. The van der Waals surface area contributed by atoms with Gasteiger partial charge in [-0.15, -0.1) is 0 Å². The Morgan fingerprint density at radius 3 is 2.54 bits per heavy atom. The second-order valence-corrected chi connectivity index (χ2v) is 10.8. The van der Waals surface area contributed by atoms with Crippen molar-refractivity contribution in [2.45, 2.75) is 19.6 Å². The van der Waals surface area contributed by atoms with Crippen LogP contribution in [0.2, 0.25) is 0 Å². The number of hydrogen-bond donors (Lipinski definition) is 1. The number of ether oxygens (including phenoxy) is 2. The molecular weight excluding hydrogens is 560 g/mol. The number of Topliss-reactive ketones (excluding diaryl/α,β-unsaturated/α-hetero) is 1. The van der Waals surface area contributed by atoms with Crippen LogP contribution in [0, 0.1) is 6.92 Å². The molecule has 8 heteroatoms. The minimum Gasteiger partial charge on any atom is -0.872 e. The van der Waals surface area contributed by atoms with E-state index in [0.29, 0.717) is 49.8 Å². The minimum atomic E-state index is -0.746. The van der Waals surface area contributed by atoms with Gasteiger partial charge in [0, 0.05) is 10.0 Å². The van der Waals surface area contributed by atoms with Gasteiger partial charge in [-0.1, -0.05) is 70.2 Å². The Bertz CT molecular complexity index is 1380. The van der Waals surface area contributed by atoms with Crippen LogP contribution in [-0.4, -0.2) is 56.0 Å². The van der Waals surface area contributed by atoms with Crippen LogP contribution in [0.3, 0.4) is 0 Å². The molecular formula is C31H31BrN2O5. The lowest BCUT2D eigenvalue weighted by atomic mass is 9.94. The average Bonchev–Trinajstić information content (AvgIpc) is 3.21. The van der Waals surface area contributed by atoms with Crippen molar-refractivity contribution < 1.29 is 29.1 Å². The number of hydrogen-bond acceptors (Lipinski definition) is 5. The number of carbonyl (C=O) groups is 2. The Morgan fingerprint density at radius 1 is 1.05 bits per heavy atom. The number of morpholine rings is 1. The van der Waals surface area contributed by atoms with Crippen LogP contribution in [-0.2, 0) is 20.9 Å². The van der Waals surface area contributed by atoms with Crippen molar-refractivity contribution in [2.75, 3.05) is 39.4 Å². The molecule has 1 N–H and O–H groups in total. The molecule has 7 nitrogen and oxygen atoms in total. The van der Waals surface area contributed by atoms with E-state index in [1.165, 1.54) is 4.90 Å². The van der Waals surface area contributed by atoms with Crippen molar-refractivity contribution in [3.05, 3.63) is 105 Å². The molecule has 39 heavy (non-hydrogen) atoms. The standard InChI is InChI=1S/C31H31BrN2O5/c1-21-18-25(39-20-22-6-3-2-4-7-22)10-11-26(21)29(35)27-28(23-8-5-9-24(32)19-23)34(31(37)30(27)36)13-12-33-14-16-38-17-15-33/h2-11,18-19,28,35H,12-17,20H2,1H3/b29-27+. The second-order valence-electron chi connectivity index (χ2n) is 9.89. The lowest BCUT2D eigenvalue weighted by Gasteiger charge is -2.30. The zero-order valence-corrected chi connectivity index (χ0v) is 23.4. The summed E-state index contributed by atoms with van der Waals surface area (Å²) >= 11 is 3.50. The number of amides is 1. The van der Waals surface area contributed by atoms with Crippen molar-refractivity contribution >= 4 is 33.4 Å². The maximum Gasteiger partial charge on any atom is 0.295 e. The number of likely N-dealkylation sites (tertiary alicyclic amines) is 1. The third-order valence-electron chi connectivity index (χ3n) is 7.29. The van der Waals surface area contributed by atoms with Gasteiger partial charge < -0.3 is 24.4 Å². The van der Waals surface area contributed by atoms with Crippen molar-refractivity contribution in [3.8, 4) is 5.75 Å². The van der Waals surface area contributed by atoms with Gasteiger partial charge in [-0.25, -0.2) is 0 Å². The molecule has 0 aromatic heterocycles. The first-order valence-corrected chi connectivity index (χ1v) is 13.9. The maximum absolute atomic E-state index is 13.9. The van der Waals surface area contributed by atoms with Gasteiger partial charge in [0.05, 0.1) is 32.3 Å². The fraction of sp³-hybridized carbons (Fsp3) is 0.290. The van der Waals surface area contributed by atoms with E-state index >= 15 is 0 Å². The zero-order chi connectivity index (χ0) is 27.4. The van der Waals surface area contributed by atoms with E-state index in [2.05, 4.69) is 15.9 Å². The molecule has 1 atom stereocenters. The zero-order valence-electron chi connectivity index (χ0n) is 21.8. The topological polar surface area (TPSA) is 83.3 Å². The predicted molar refractivity (Wildman–Crippen MR) is 149 cm³/mol. The predicted octanol–water partition coefficient (Wildman–Crippen LogP) is 2.48. The summed E-state index contributed by atoms with van der Waals surface area (Å²) in [5, 5.41) is 13.9. The molecule has 2 aliphatic rings. The quantitative estimate of drug-likeness (QED) is 0.247. The van der Waals surface area contributed by atoms with Crippen LogP contribution >= 0.6 is 15.9 Å². The molecule has 0 radical (unpaired) electrons. The number of benzene rings is 3. The molecule has 2 fully saturated rings. The van der Waals surface area contributed by atoms with Gasteiger partial charge >= 0.3 is 0 Å². The summed E-state index contributed by atoms with van der Waals surface area (Å²) in [4.78, 5) is 29.5. The number of carbonyl (C=O) groups excluding carboxylic acids is 2. The second kappa shape index (κ2) is 12.2. The lowest BCUT2D eigenvalue weighted by molar-refractivity contribution is -0.907. The summed E-state index contributed by atoms with van der Waals surface area (Å²) in [5.74, 6) is -1.15. The largest absolute Gasteiger partial charge is 0.872 e. The first-order chi connectivity index (χ1) is 18.9. The van der Waals surface area contributed by atoms with E-state index in [1.807, 2.05) is 61.5 Å². The number of nitrogens with zero attached hydrogens (tertiary/aromatic N) is 1. The Kier molecular flexibility index (Phi) is 8.45. The molecule has 2 saturated heterocycles. The molecule has 2 heterocycles. The van der Waals surface area contributed by atoms with Gasteiger partial charge in [0.2, 0.25) is 5.78 Å². The highest BCUT2D eigenvalue weighted by Gasteiger charge is 2.44. The van der Waals surface area contributed by atoms with E-state index in [-0.39, 0.29) is 5.57 Å². The molecule has 0 bridgehead atoms. The van der Waals surface area contributed by atoms with Crippen LogP contribution in [0.4, 0.5) is 0 Å². The Morgan fingerprint density at radius 2 is 1.82 bits per heavy atom. The Hall–Kier alpha value is -3.46. The molecule has 202 valence electrons. The number of nitrogens with one attached hydrogen (secondary N) is 1. The molecule has 0 aliphatic carbocycles. The maximum atomic E-state index is 13.9. The molecule has 0 saturated carbocycles. The highest BCUT2D eigenvalue weighted by Crippen LogP contribution is 2.39. The lowest BCUT2D eigenvalue weighted by Crippen LogP contribution is -3.14. The smallest absolute Gasteiger partial charge is 0.295 e. The first kappa shape index (κ1) is 27.1. The van der Waals surface area contributed by atoms with Crippen molar-refractivity contribution in [1.29, 1.82) is 0 Å². The Labute approximate surface area is 236 Å². The molecule has 0 spiro atoms.